The van der Waals surface area contributed by atoms with Crippen molar-refractivity contribution in [3.8, 4) is 17.1 Å². The maximum atomic E-state index is 13.3. The molecule has 3 aromatic rings. The van der Waals surface area contributed by atoms with Crippen molar-refractivity contribution in [3.63, 3.8) is 0 Å². The summed E-state index contributed by atoms with van der Waals surface area (Å²) in [6.45, 7) is 6.08. The largest absolute Gasteiger partial charge is 0.471 e. The quantitative estimate of drug-likeness (QED) is 0.556. The first-order valence-electron chi connectivity index (χ1n) is 11.4. The van der Waals surface area contributed by atoms with Crippen LogP contribution in [0, 0.1) is 13.8 Å². The number of rotatable bonds is 1. The van der Waals surface area contributed by atoms with Crippen LogP contribution in [0.3, 0.4) is 0 Å². The predicted octanol–water partition coefficient (Wildman–Crippen LogP) is 2.71. The Bertz CT molecular complexity index is 1390. The standard InChI is InChI=1S/C25H27N5O4S/c1-16-6-4-7-17(2)23(16)21-13-22-27-25(26-21)28-35(32,33)20-9-5-8-18(12-20)24(31)30-11-10-29(3)14-19(15-30)34-22/h4-9,12-13,19H,10-11,14-15H2,1-3H3,(H,26,27,28). The van der Waals surface area contributed by atoms with Gasteiger partial charge in [-0.2, -0.15) is 4.98 Å². The monoisotopic (exact) mass is 493 g/mol. The van der Waals surface area contributed by atoms with E-state index in [9.17, 15) is 13.2 Å². The summed E-state index contributed by atoms with van der Waals surface area (Å²) in [6.07, 6.45) is -0.361. The molecule has 2 aliphatic rings. The molecule has 1 atom stereocenters. The van der Waals surface area contributed by atoms with E-state index in [0.29, 0.717) is 37.4 Å². The minimum absolute atomic E-state index is 0.0327. The van der Waals surface area contributed by atoms with E-state index in [4.69, 9.17) is 4.74 Å². The second kappa shape index (κ2) is 8.94. The number of aryl methyl sites for hydroxylation is 2. The highest BCUT2D eigenvalue weighted by Gasteiger charge is 2.29. The lowest BCUT2D eigenvalue weighted by molar-refractivity contribution is 0.0691. The summed E-state index contributed by atoms with van der Waals surface area (Å²) in [7, 11) is -2.07. The number of hydrogen-bond acceptors (Lipinski definition) is 7. The third kappa shape index (κ3) is 4.71. The number of fused-ring (bicyclic) bond motifs is 6. The lowest BCUT2D eigenvalue weighted by Crippen LogP contribution is -2.40. The van der Waals surface area contributed by atoms with Crippen LogP contribution in [0.2, 0.25) is 0 Å². The topological polar surface area (TPSA) is 105 Å². The van der Waals surface area contributed by atoms with E-state index in [1.165, 1.54) is 12.1 Å². The van der Waals surface area contributed by atoms with E-state index in [-0.39, 0.29) is 28.7 Å². The molecule has 2 aliphatic heterocycles. The first kappa shape index (κ1) is 23.3. The van der Waals surface area contributed by atoms with Gasteiger partial charge in [0.05, 0.1) is 17.1 Å². The normalized spacial score (nSPS) is 19.9. The minimum Gasteiger partial charge on any atom is -0.471 e. The van der Waals surface area contributed by atoms with E-state index in [1.807, 2.05) is 39.1 Å². The Morgan fingerprint density at radius 3 is 2.51 bits per heavy atom. The molecule has 10 heteroatoms. The van der Waals surface area contributed by atoms with Crippen LogP contribution in [0.4, 0.5) is 5.95 Å². The van der Waals surface area contributed by atoms with Crippen LogP contribution in [0.5, 0.6) is 5.88 Å². The van der Waals surface area contributed by atoms with Crippen molar-refractivity contribution in [1.82, 2.24) is 19.8 Å². The molecule has 5 rings (SSSR count). The van der Waals surface area contributed by atoms with Gasteiger partial charge in [-0.3, -0.25) is 4.79 Å². The average molecular weight is 494 g/mol. The first-order chi connectivity index (χ1) is 16.7. The Kier molecular flexibility index (Phi) is 5.94. The SMILES string of the molecule is Cc1cccc(C)c1-c1cc2nc(n1)NS(=O)(=O)c1cccc(c1)C(=O)N1CCN(C)CC(C1)O2. The molecule has 1 amide bonds. The predicted molar refractivity (Wildman–Crippen MR) is 132 cm³/mol. The number of carbonyl (C=O) groups excluding carboxylic acids is 1. The molecule has 6 bridgehead atoms. The van der Waals surface area contributed by atoms with E-state index in [0.717, 1.165) is 16.7 Å². The van der Waals surface area contributed by atoms with Crippen LogP contribution in [-0.4, -0.2) is 73.4 Å². The number of ether oxygens (including phenoxy) is 1. The summed E-state index contributed by atoms with van der Waals surface area (Å²) >= 11 is 0. The van der Waals surface area contributed by atoms with Crippen molar-refractivity contribution in [1.29, 1.82) is 0 Å². The van der Waals surface area contributed by atoms with E-state index >= 15 is 0 Å². The van der Waals surface area contributed by atoms with Crippen LogP contribution >= 0.6 is 0 Å². The van der Waals surface area contributed by atoms with Crippen molar-refractivity contribution < 1.29 is 17.9 Å². The molecule has 1 unspecified atom stereocenters. The molecule has 3 heterocycles. The van der Waals surface area contributed by atoms with Crippen LogP contribution in [0.1, 0.15) is 21.5 Å². The number of amides is 1. The highest BCUT2D eigenvalue weighted by molar-refractivity contribution is 7.92. The number of sulfonamides is 1. The fourth-order valence-electron chi connectivity index (χ4n) is 4.59. The zero-order chi connectivity index (χ0) is 24.7. The smallest absolute Gasteiger partial charge is 0.264 e. The lowest BCUT2D eigenvalue weighted by atomic mass is 10.00. The zero-order valence-corrected chi connectivity index (χ0v) is 20.7. The van der Waals surface area contributed by atoms with Gasteiger partial charge in [-0.1, -0.05) is 24.3 Å². The Morgan fingerprint density at radius 1 is 1.00 bits per heavy atom. The van der Waals surface area contributed by atoms with Crippen molar-refractivity contribution in [3.05, 3.63) is 65.2 Å². The second-order valence-electron chi connectivity index (χ2n) is 9.07. The number of benzene rings is 2. The van der Waals surface area contributed by atoms with Gasteiger partial charge in [-0.05, 0) is 50.2 Å². The average Bonchev–Trinajstić information content (AvgIpc) is 2.98. The third-order valence-electron chi connectivity index (χ3n) is 6.32. The van der Waals surface area contributed by atoms with Gasteiger partial charge in [0, 0.05) is 36.8 Å². The van der Waals surface area contributed by atoms with Gasteiger partial charge in [0.15, 0.2) is 0 Å². The summed E-state index contributed by atoms with van der Waals surface area (Å²) in [5, 5.41) is 0. The Labute approximate surface area is 204 Å². The number of hydrogen-bond donors (Lipinski definition) is 1. The molecule has 0 radical (unpaired) electrons. The molecule has 1 saturated heterocycles. The van der Waals surface area contributed by atoms with Crippen molar-refractivity contribution >= 4 is 21.9 Å². The van der Waals surface area contributed by atoms with Gasteiger partial charge in [-0.25, -0.2) is 18.1 Å². The van der Waals surface area contributed by atoms with Gasteiger partial charge < -0.3 is 14.5 Å². The summed E-state index contributed by atoms with van der Waals surface area (Å²) < 4.78 is 35.2. The van der Waals surface area contributed by atoms with Gasteiger partial charge in [0.1, 0.15) is 6.10 Å². The molecule has 1 fully saturated rings. The maximum absolute atomic E-state index is 13.3. The Hall–Kier alpha value is -3.50. The first-order valence-corrected chi connectivity index (χ1v) is 12.9. The Morgan fingerprint density at radius 2 is 1.74 bits per heavy atom. The van der Waals surface area contributed by atoms with Crippen molar-refractivity contribution in [2.45, 2.75) is 24.8 Å². The lowest BCUT2D eigenvalue weighted by Gasteiger charge is -2.25. The Balaban J connectivity index is 1.69. The molecular weight excluding hydrogens is 466 g/mol. The molecule has 0 saturated carbocycles. The van der Waals surface area contributed by atoms with Gasteiger partial charge in [0.2, 0.25) is 11.8 Å². The number of likely N-dealkylation sites (N-methyl/N-ethyl adjacent to an activating group) is 1. The second-order valence-corrected chi connectivity index (χ2v) is 10.8. The molecule has 0 spiro atoms. The summed E-state index contributed by atoms with van der Waals surface area (Å²) in [5.74, 6) is -0.0804. The number of anilines is 1. The highest BCUT2D eigenvalue weighted by atomic mass is 32.2. The van der Waals surface area contributed by atoms with Crippen LogP contribution in [-0.2, 0) is 10.0 Å². The van der Waals surface area contributed by atoms with Crippen LogP contribution in [0.15, 0.2) is 53.4 Å². The maximum Gasteiger partial charge on any atom is 0.264 e. The summed E-state index contributed by atoms with van der Waals surface area (Å²) in [5.41, 5.74) is 3.75. The molecule has 0 aliphatic carbocycles. The van der Waals surface area contributed by atoms with Crippen molar-refractivity contribution in [2.24, 2.45) is 0 Å². The van der Waals surface area contributed by atoms with Crippen molar-refractivity contribution in [2.75, 3.05) is 37.9 Å². The fourth-order valence-corrected chi connectivity index (χ4v) is 5.58. The van der Waals surface area contributed by atoms with Crippen LogP contribution < -0.4 is 9.46 Å². The molecule has 35 heavy (non-hydrogen) atoms. The number of aromatic nitrogens is 2. The molecule has 1 aromatic heterocycles. The molecule has 1 N–H and O–H groups in total. The van der Waals surface area contributed by atoms with E-state index in [2.05, 4.69) is 19.6 Å². The van der Waals surface area contributed by atoms with Gasteiger partial charge in [0.25, 0.3) is 15.9 Å². The third-order valence-corrected chi connectivity index (χ3v) is 7.65. The number of nitrogens with one attached hydrogen (secondary N) is 1. The molecule has 9 nitrogen and oxygen atoms in total. The number of nitrogens with zero attached hydrogens (tertiary/aromatic N) is 4. The van der Waals surface area contributed by atoms with E-state index in [1.54, 1.807) is 23.1 Å². The summed E-state index contributed by atoms with van der Waals surface area (Å²) in [4.78, 5) is 26.0. The molecule has 2 aromatic carbocycles. The van der Waals surface area contributed by atoms with Gasteiger partial charge >= 0.3 is 0 Å². The number of carbonyl (C=O) groups is 1. The zero-order valence-electron chi connectivity index (χ0n) is 19.9. The minimum atomic E-state index is -4.05. The van der Waals surface area contributed by atoms with Crippen LogP contribution in [0.25, 0.3) is 11.3 Å². The van der Waals surface area contributed by atoms with Gasteiger partial charge in [-0.15, -0.1) is 0 Å². The highest BCUT2D eigenvalue weighted by Crippen LogP contribution is 2.30. The molecule has 182 valence electrons. The van der Waals surface area contributed by atoms with E-state index < -0.39 is 10.0 Å². The molecular formula is C25H27N5O4S. The summed E-state index contributed by atoms with van der Waals surface area (Å²) in [6, 6.07) is 13.7. The fraction of sp³-hybridized carbons (Fsp3) is 0.320.